The maximum Gasteiger partial charge on any atom is 0.243 e. The van der Waals surface area contributed by atoms with E-state index in [4.69, 9.17) is 0 Å². The number of thioether (sulfide) groups is 1. The van der Waals surface area contributed by atoms with Gasteiger partial charge in [-0.05, 0) is 44.2 Å². The maximum absolute atomic E-state index is 13.2. The number of nitrogens with one attached hydrogen (secondary N) is 2. The predicted molar refractivity (Wildman–Crippen MR) is 121 cm³/mol. The van der Waals surface area contributed by atoms with Crippen LogP contribution in [0.2, 0.25) is 0 Å². The van der Waals surface area contributed by atoms with Crippen LogP contribution in [0.25, 0.3) is 0 Å². The van der Waals surface area contributed by atoms with Crippen molar-refractivity contribution in [2.45, 2.75) is 36.0 Å². The van der Waals surface area contributed by atoms with E-state index in [0.717, 1.165) is 25.2 Å². The zero-order valence-electron chi connectivity index (χ0n) is 17.6. The van der Waals surface area contributed by atoms with Crippen LogP contribution in [0.4, 0.5) is 0 Å². The van der Waals surface area contributed by atoms with Gasteiger partial charge in [-0.15, -0.1) is 0 Å². The lowest BCUT2D eigenvalue weighted by atomic mass is 10.1. The molecule has 9 heteroatoms. The number of guanidine groups is 1. The van der Waals surface area contributed by atoms with Gasteiger partial charge in [0.25, 0.3) is 0 Å². The standard InChI is InChI=1S/C20H33N5O2S2/c1-20(9-6-14-28-20)16-23-19(21-2)22-15-17-7-4-5-8-18(17)29(26,27)25-12-10-24(3)11-13-25/h4-5,7-8H,6,9-16H2,1-3H3,(H2,21,22,23). The minimum Gasteiger partial charge on any atom is -0.355 e. The second kappa shape index (κ2) is 9.68. The average molecular weight is 440 g/mol. The lowest BCUT2D eigenvalue weighted by molar-refractivity contribution is 0.222. The zero-order valence-corrected chi connectivity index (χ0v) is 19.3. The lowest BCUT2D eigenvalue weighted by Gasteiger charge is -2.32. The molecule has 0 amide bonds. The number of benzene rings is 1. The van der Waals surface area contributed by atoms with E-state index in [1.165, 1.54) is 18.6 Å². The minimum absolute atomic E-state index is 0.236. The highest BCUT2D eigenvalue weighted by atomic mass is 32.2. The van der Waals surface area contributed by atoms with Crippen LogP contribution in [0, 0.1) is 0 Å². The van der Waals surface area contributed by atoms with Crippen molar-refractivity contribution in [3.8, 4) is 0 Å². The topological polar surface area (TPSA) is 77.0 Å². The fraction of sp³-hybridized carbons (Fsp3) is 0.650. The van der Waals surface area contributed by atoms with Gasteiger partial charge in [0.15, 0.2) is 5.96 Å². The van der Waals surface area contributed by atoms with Gasteiger partial charge in [-0.25, -0.2) is 8.42 Å². The first kappa shape index (κ1) is 22.4. The third-order valence-electron chi connectivity index (χ3n) is 5.65. The molecule has 162 valence electrons. The van der Waals surface area contributed by atoms with Crippen LogP contribution >= 0.6 is 11.8 Å². The molecule has 0 aromatic heterocycles. The van der Waals surface area contributed by atoms with Gasteiger partial charge in [0.05, 0.1) is 4.90 Å². The quantitative estimate of drug-likeness (QED) is 0.518. The lowest BCUT2D eigenvalue weighted by Crippen LogP contribution is -2.47. The molecule has 0 spiro atoms. The number of hydrogen-bond acceptors (Lipinski definition) is 5. The molecule has 0 saturated carbocycles. The van der Waals surface area contributed by atoms with Gasteiger partial charge in [-0.2, -0.15) is 16.1 Å². The number of sulfonamides is 1. The van der Waals surface area contributed by atoms with Gasteiger partial charge in [0.1, 0.15) is 0 Å². The summed E-state index contributed by atoms with van der Waals surface area (Å²) in [5.74, 6) is 1.91. The fourth-order valence-corrected chi connectivity index (χ4v) is 6.60. The number of nitrogens with zero attached hydrogens (tertiary/aromatic N) is 3. The molecule has 2 aliphatic heterocycles. The molecule has 1 unspecified atom stereocenters. The van der Waals surface area contributed by atoms with E-state index in [-0.39, 0.29) is 4.75 Å². The molecule has 29 heavy (non-hydrogen) atoms. The first-order chi connectivity index (χ1) is 13.8. The van der Waals surface area contributed by atoms with E-state index in [0.29, 0.717) is 30.5 Å². The van der Waals surface area contributed by atoms with Crippen molar-refractivity contribution in [2.75, 3.05) is 52.6 Å². The Morgan fingerprint density at radius 2 is 1.93 bits per heavy atom. The third-order valence-corrected chi connectivity index (χ3v) is 9.19. The summed E-state index contributed by atoms with van der Waals surface area (Å²) in [4.78, 5) is 6.84. The van der Waals surface area contributed by atoms with Crippen molar-refractivity contribution in [3.63, 3.8) is 0 Å². The Hall–Kier alpha value is -1.29. The Labute approximate surface area is 179 Å². The van der Waals surface area contributed by atoms with E-state index in [2.05, 4.69) is 27.4 Å². The predicted octanol–water partition coefficient (Wildman–Crippen LogP) is 1.57. The highest BCUT2D eigenvalue weighted by Gasteiger charge is 2.30. The summed E-state index contributed by atoms with van der Waals surface area (Å²) in [7, 11) is 0.258. The van der Waals surface area contributed by atoms with Gasteiger partial charge >= 0.3 is 0 Å². The molecule has 2 heterocycles. The number of rotatable bonds is 6. The summed E-state index contributed by atoms with van der Waals surface area (Å²) in [5, 5.41) is 6.69. The minimum atomic E-state index is -3.50. The average Bonchev–Trinajstić information content (AvgIpc) is 3.15. The molecule has 2 N–H and O–H groups in total. The van der Waals surface area contributed by atoms with Crippen molar-refractivity contribution >= 4 is 27.7 Å². The van der Waals surface area contributed by atoms with Crippen LogP contribution < -0.4 is 10.6 Å². The largest absolute Gasteiger partial charge is 0.355 e. The summed E-state index contributed by atoms with van der Waals surface area (Å²) < 4.78 is 28.2. The van der Waals surface area contributed by atoms with Crippen molar-refractivity contribution in [3.05, 3.63) is 29.8 Å². The first-order valence-corrected chi connectivity index (χ1v) is 12.6. The van der Waals surface area contributed by atoms with Crippen LogP contribution in [0.15, 0.2) is 34.2 Å². The summed E-state index contributed by atoms with van der Waals surface area (Å²) in [6.07, 6.45) is 2.46. The van der Waals surface area contributed by atoms with E-state index in [9.17, 15) is 8.42 Å². The third kappa shape index (κ3) is 5.65. The molecule has 0 radical (unpaired) electrons. The maximum atomic E-state index is 13.2. The summed E-state index contributed by atoms with van der Waals surface area (Å²) >= 11 is 2.00. The molecule has 2 saturated heterocycles. The number of aliphatic imine (C=N–C) groups is 1. The van der Waals surface area contributed by atoms with Crippen LogP contribution in [-0.2, 0) is 16.6 Å². The smallest absolute Gasteiger partial charge is 0.243 e. The molecule has 3 rings (SSSR count). The van der Waals surface area contributed by atoms with Crippen molar-refractivity contribution in [1.29, 1.82) is 0 Å². The van der Waals surface area contributed by atoms with Gasteiger partial charge in [0.2, 0.25) is 10.0 Å². The van der Waals surface area contributed by atoms with Gasteiger partial charge < -0.3 is 15.5 Å². The Morgan fingerprint density at radius 3 is 2.59 bits per heavy atom. The van der Waals surface area contributed by atoms with Crippen LogP contribution in [0.5, 0.6) is 0 Å². The zero-order chi connectivity index (χ0) is 20.9. The normalized spacial score (nSPS) is 24.6. The Morgan fingerprint density at radius 1 is 1.21 bits per heavy atom. The van der Waals surface area contributed by atoms with Crippen molar-refractivity contribution in [1.82, 2.24) is 19.8 Å². The Bertz CT molecular complexity index is 814. The van der Waals surface area contributed by atoms with E-state index in [1.807, 2.05) is 30.9 Å². The molecule has 7 nitrogen and oxygen atoms in total. The fourth-order valence-electron chi connectivity index (χ4n) is 3.72. The van der Waals surface area contributed by atoms with E-state index in [1.54, 1.807) is 23.5 Å². The van der Waals surface area contributed by atoms with Crippen LogP contribution in [0.1, 0.15) is 25.3 Å². The highest BCUT2D eigenvalue weighted by molar-refractivity contribution is 8.00. The first-order valence-electron chi connectivity index (χ1n) is 10.2. The SMILES string of the molecule is CN=C(NCc1ccccc1S(=O)(=O)N1CCN(C)CC1)NCC1(C)CCCS1. The van der Waals surface area contributed by atoms with Gasteiger partial charge in [0, 0.05) is 51.1 Å². The monoisotopic (exact) mass is 439 g/mol. The number of likely N-dealkylation sites (N-methyl/N-ethyl adjacent to an activating group) is 1. The second-order valence-corrected chi connectivity index (χ2v) is 11.6. The highest BCUT2D eigenvalue weighted by Crippen LogP contribution is 2.36. The molecule has 1 atom stereocenters. The summed E-state index contributed by atoms with van der Waals surface area (Å²) in [5.41, 5.74) is 0.760. The second-order valence-electron chi connectivity index (χ2n) is 8.00. The number of piperazine rings is 1. The molecule has 2 aliphatic rings. The van der Waals surface area contributed by atoms with Crippen LogP contribution in [-0.4, -0.2) is 80.9 Å². The molecule has 2 fully saturated rings. The Balaban J connectivity index is 1.65. The molecular formula is C20H33N5O2S2. The van der Waals surface area contributed by atoms with E-state index >= 15 is 0 Å². The molecule has 1 aromatic rings. The molecular weight excluding hydrogens is 406 g/mol. The van der Waals surface area contributed by atoms with E-state index < -0.39 is 10.0 Å². The molecule has 0 aliphatic carbocycles. The van der Waals surface area contributed by atoms with Gasteiger partial charge in [-0.3, -0.25) is 4.99 Å². The van der Waals surface area contributed by atoms with Crippen molar-refractivity contribution < 1.29 is 8.42 Å². The molecule has 0 bridgehead atoms. The number of hydrogen-bond donors (Lipinski definition) is 2. The van der Waals surface area contributed by atoms with Crippen LogP contribution in [0.3, 0.4) is 0 Å². The Kier molecular flexibility index (Phi) is 7.47. The summed E-state index contributed by atoms with van der Waals surface area (Å²) in [6.45, 7) is 6.11. The van der Waals surface area contributed by atoms with Crippen molar-refractivity contribution in [2.24, 2.45) is 4.99 Å². The summed E-state index contributed by atoms with van der Waals surface area (Å²) in [6, 6.07) is 7.25. The molecule has 1 aromatic carbocycles. The van der Waals surface area contributed by atoms with Gasteiger partial charge in [-0.1, -0.05) is 18.2 Å².